The van der Waals surface area contributed by atoms with Gasteiger partial charge in [-0.1, -0.05) is 45.7 Å². The molecule has 0 radical (unpaired) electrons. The van der Waals surface area contributed by atoms with Crippen LogP contribution >= 0.6 is 27.5 Å². The standard InChI is InChI=1S/C24H17BrClN3O/c25-14-5-10-22-18(11-14)20(13-28-22)23(19-12-27-21-4-2-1-3-17(19)21)24(30)29-16-8-6-15(26)7-9-16/h1-13,23,27-28H,(H,29,30). The largest absolute Gasteiger partial charge is 0.361 e. The molecule has 0 saturated carbocycles. The number of aromatic nitrogens is 2. The zero-order valence-electron chi connectivity index (χ0n) is 15.7. The van der Waals surface area contributed by atoms with Gasteiger partial charge in [-0.3, -0.25) is 4.79 Å². The molecular formula is C24H17BrClN3O. The van der Waals surface area contributed by atoms with Gasteiger partial charge in [0, 0.05) is 49.4 Å². The van der Waals surface area contributed by atoms with Crippen LogP contribution in [0.1, 0.15) is 17.0 Å². The van der Waals surface area contributed by atoms with E-state index in [-0.39, 0.29) is 5.91 Å². The van der Waals surface area contributed by atoms with E-state index >= 15 is 0 Å². The van der Waals surface area contributed by atoms with Crippen molar-refractivity contribution in [1.82, 2.24) is 9.97 Å². The molecular weight excluding hydrogens is 462 g/mol. The van der Waals surface area contributed by atoms with E-state index in [1.807, 2.05) is 54.9 Å². The van der Waals surface area contributed by atoms with Crippen LogP contribution in [0.2, 0.25) is 5.02 Å². The highest BCUT2D eigenvalue weighted by Gasteiger charge is 2.28. The number of hydrogen-bond acceptors (Lipinski definition) is 1. The van der Waals surface area contributed by atoms with Crippen LogP contribution < -0.4 is 5.32 Å². The van der Waals surface area contributed by atoms with Gasteiger partial charge in [0.2, 0.25) is 5.91 Å². The zero-order valence-corrected chi connectivity index (χ0v) is 18.1. The summed E-state index contributed by atoms with van der Waals surface area (Å²) in [6.07, 6.45) is 3.85. The molecule has 30 heavy (non-hydrogen) atoms. The normalized spacial score (nSPS) is 12.3. The SMILES string of the molecule is O=C(Nc1ccc(Cl)cc1)C(c1c[nH]c2ccccc12)c1c[nH]c2ccc(Br)cc12. The average molecular weight is 479 g/mol. The Balaban J connectivity index is 1.66. The summed E-state index contributed by atoms with van der Waals surface area (Å²) >= 11 is 9.55. The lowest BCUT2D eigenvalue weighted by molar-refractivity contribution is -0.116. The number of nitrogens with one attached hydrogen (secondary N) is 3. The summed E-state index contributed by atoms with van der Waals surface area (Å²) in [5.41, 5.74) is 4.53. The monoisotopic (exact) mass is 477 g/mol. The number of carbonyl (C=O) groups is 1. The highest BCUT2D eigenvalue weighted by molar-refractivity contribution is 9.10. The van der Waals surface area contributed by atoms with E-state index in [1.165, 1.54) is 0 Å². The minimum Gasteiger partial charge on any atom is -0.361 e. The third kappa shape index (κ3) is 3.40. The highest BCUT2D eigenvalue weighted by atomic mass is 79.9. The molecule has 0 aliphatic carbocycles. The molecule has 148 valence electrons. The lowest BCUT2D eigenvalue weighted by atomic mass is 9.89. The number of hydrogen-bond donors (Lipinski definition) is 3. The van der Waals surface area contributed by atoms with Gasteiger partial charge in [0.05, 0.1) is 5.92 Å². The number of rotatable bonds is 4. The summed E-state index contributed by atoms with van der Waals surface area (Å²) in [4.78, 5) is 20.2. The van der Waals surface area contributed by atoms with Gasteiger partial charge in [-0.15, -0.1) is 0 Å². The molecule has 0 bridgehead atoms. The van der Waals surface area contributed by atoms with E-state index in [0.29, 0.717) is 10.7 Å². The molecule has 6 heteroatoms. The van der Waals surface area contributed by atoms with E-state index in [1.54, 1.807) is 24.3 Å². The van der Waals surface area contributed by atoms with Crippen molar-refractivity contribution in [3.05, 3.63) is 99.7 Å². The molecule has 1 unspecified atom stereocenters. The minimum absolute atomic E-state index is 0.108. The van der Waals surface area contributed by atoms with Gasteiger partial charge in [-0.2, -0.15) is 0 Å². The molecule has 0 aliphatic rings. The quantitative estimate of drug-likeness (QED) is 0.260. The second-order valence-corrected chi connectivity index (χ2v) is 8.50. The first-order chi connectivity index (χ1) is 14.6. The molecule has 0 spiro atoms. The number of halogens is 2. The third-order valence-corrected chi connectivity index (χ3v) is 6.04. The van der Waals surface area contributed by atoms with E-state index in [9.17, 15) is 4.79 Å². The number of carbonyl (C=O) groups excluding carboxylic acids is 1. The Morgan fingerprint density at radius 1 is 0.867 bits per heavy atom. The van der Waals surface area contributed by atoms with Crippen LogP contribution in [0, 0.1) is 0 Å². The maximum Gasteiger partial charge on any atom is 0.236 e. The van der Waals surface area contributed by atoms with Crippen molar-refractivity contribution >= 4 is 60.9 Å². The molecule has 4 nitrogen and oxygen atoms in total. The fourth-order valence-corrected chi connectivity index (χ4v) is 4.37. The maximum atomic E-state index is 13.6. The molecule has 0 saturated heterocycles. The molecule has 2 heterocycles. The fourth-order valence-electron chi connectivity index (χ4n) is 3.88. The van der Waals surface area contributed by atoms with Crippen molar-refractivity contribution < 1.29 is 4.79 Å². The minimum atomic E-state index is -0.500. The average Bonchev–Trinajstić information content (AvgIpc) is 3.35. The summed E-state index contributed by atoms with van der Waals surface area (Å²) in [5, 5.41) is 5.71. The number of para-hydroxylation sites is 1. The van der Waals surface area contributed by atoms with Crippen LogP contribution in [0.5, 0.6) is 0 Å². The van der Waals surface area contributed by atoms with Gasteiger partial charge < -0.3 is 15.3 Å². The highest BCUT2D eigenvalue weighted by Crippen LogP contribution is 2.36. The van der Waals surface area contributed by atoms with Crippen molar-refractivity contribution in [2.75, 3.05) is 5.32 Å². The summed E-state index contributed by atoms with van der Waals surface area (Å²) in [5.74, 6) is -0.608. The van der Waals surface area contributed by atoms with Crippen LogP contribution in [0.15, 0.2) is 83.6 Å². The fraction of sp³-hybridized carbons (Fsp3) is 0.0417. The zero-order chi connectivity index (χ0) is 20.7. The lowest BCUT2D eigenvalue weighted by Crippen LogP contribution is -2.22. The third-order valence-electron chi connectivity index (χ3n) is 5.29. The Labute approximate surface area is 186 Å². The summed E-state index contributed by atoms with van der Waals surface area (Å²) in [6, 6.07) is 21.2. The first kappa shape index (κ1) is 19.0. The predicted molar refractivity (Wildman–Crippen MR) is 126 cm³/mol. The van der Waals surface area contributed by atoms with Gasteiger partial charge >= 0.3 is 0 Å². The Morgan fingerprint density at radius 2 is 1.53 bits per heavy atom. The number of aromatic amines is 2. The van der Waals surface area contributed by atoms with Crippen molar-refractivity contribution in [1.29, 1.82) is 0 Å². The Kier molecular flexibility index (Phi) is 4.85. The smallest absolute Gasteiger partial charge is 0.236 e. The molecule has 1 amide bonds. The van der Waals surface area contributed by atoms with Gasteiger partial charge in [-0.25, -0.2) is 0 Å². The van der Waals surface area contributed by atoms with Crippen molar-refractivity contribution in [2.45, 2.75) is 5.92 Å². The molecule has 3 N–H and O–H groups in total. The van der Waals surface area contributed by atoms with E-state index in [4.69, 9.17) is 11.6 Å². The Hall–Kier alpha value is -3.02. The van der Waals surface area contributed by atoms with Crippen molar-refractivity contribution in [3.63, 3.8) is 0 Å². The first-order valence-corrected chi connectivity index (χ1v) is 10.7. The summed E-state index contributed by atoms with van der Waals surface area (Å²) < 4.78 is 0.964. The van der Waals surface area contributed by atoms with Gasteiger partial charge in [0.25, 0.3) is 0 Å². The first-order valence-electron chi connectivity index (χ1n) is 9.49. The Bertz CT molecular complexity index is 1370. The van der Waals surface area contributed by atoms with Crippen LogP contribution in [-0.4, -0.2) is 15.9 Å². The second-order valence-electron chi connectivity index (χ2n) is 7.15. The molecule has 0 fully saturated rings. The van der Waals surface area contributed by atoms with Crippen molar-refractivity contribution in [2.24, 2.45) is 0 Å². The summed E-state index contributed by atoms with van der Waals surface area (Å²) in [6.45, 7) is 0. The van der Waals surface area contributed by atoms with Crippen LogP contribution in [0.3, 0.4) is 0 Å². The molecule has 3 aromatic carbocycles. The molecule has 0 aliphatic heterocycles. The summed E-state index contributed by atoms with van der Waals surface area (Å²) in [7, 11) is 0. The molecule has 5 rings (SSSR count). The number of amides is 1. The van der Waals surface area contributed by atoms with E-state index in [0.717, 1.165) is 37.4 Å². The molecule has 5 aromatic rings. The molecule has 2 aromatic heterocycles. The maximum absolute atomic E-state index is 13.6. The van der Waals surface area contributed by atoms with E-state index < -0.39 is 5.92 Å². The number of benzene rings is 3. The van der Waals surface area contributed by atoms with Gasteiger partial charge in [0.1, 0.15) is 0 Å². The lowest BCUT2D eigenvalue weighted by Gasteiger charge is -2.17. The predicted octanol–water partition coefficient (Wildman–Crippen LogP) is 6.84. The van der Waals surface area contributed by atoms with Crippen LogP contribution in [0.25, 0.3) is 21.8 Å². The van der Waals surface area contributed by atoms with Gasteiger partial charge in [0.15, 0.2) is 0 Å². The van der Waals surface area contributed by atoms with Crippen LogP contribution in [0.4, 0.5) is 5.69 Å². The number of fused-ring (bicyclic) bond motifs is 2. The number of anilines is 1. The number of H-pyrrole nitrogens is 2. The Morgan fingerprint density at radius 3 is 2.30 bits per heavy atom. The van der Waals surface area contributed by atoms with Gasteiger partial charge in [-0.05, 0) is 59.7 Å². The second kappa shape index (κ2) is 7.67. The van der Waals surface area contributed by atoms with E-state index in [2.05, 4.69) is 31.2 Å². The molecule has 1 atom stereocenters. The topological polar surface area (TPSA) is 60.7 Å². The van der Waals surface area contributed by atoms with Crippen molar-refractivity contribution in [3.8, 4) is 0 Å². The van der Waals surface area contributed by atoms with Crippen LogP contribution in [-0.2, 0) is 4.79 Å².